The number of aliphatic imine (C=N–C) groups is 1. The minimum Gasteiger partial charge on any atom is -0.398 e. The number of nitrogen functional groups attached to an aromatic ring is 8. The van der Waals surface area contributed by atoms with Gasteiger partial charge in [0, 0.05) is 27.8 Å². The Morgan fingerprint density at radius 3 is 1.71 bits per heavy atom. The Kier molecular flexibility index (Phi) is 4.23. The maximum Gasteiger partial charge on any atom is 0.120 e. The molecule has 160 valence electrons. The number of nitrogens with two attached hydrogens (primary N) is 9. The van der Waals surface area contributed by atoms with E-state index in [1.165, 1.54) is 0 Å². The van der Waals surface area contributed by atoms with E-state index in [1.54, 1.807) is 30.3 Å². The van der Waals surface area contributed by atoms with Crippen molar-refractivity contribution in [3.63, 3.8) is 0 Å². The predicted octanol–water partition coefficient (Wildman–Crippen LogP) is 0.181. The lowest BCUT2D eigenvalue weighted by atomic mass is 9.67. The number of anilines is 8. The molecule has 0 bridgehead atoms. The second kappa shape index (κ2) is 6.48. The number of hydrogen-bond donors (Lipinski definition) is 9. The van der Waals surface area contributed by atoms with E-state index in [0.717, 1.165) is 0 Å². The second-order valence-corrected chi connectivity index (χ2v) is 8.15. The molecule has 0 saturated heterocycles. The molecule has 2 unspecified atom stereocenters. The summed E-state index contributed by atoms with van der Waals surface area (Å²) in [5.41, 5.74) is 59.9. The van der Waals surface area contributed by atoms with Gasteiger partial charge in [0.05, 0.1) is 39.8 Å². The Morgan fingerprint density at radius 2 is 1.06 bits per heavy atom. The lowest BCUT2D eigenvalue weighted by molar-refractivity contribution is 0.851. The van der Waals surface area contributed by atoms with Gasteiger partial charge in [0.25, 0.3) is 0 Å². The number of nitrogens with zero attached hydrogens (tertiary/aromatic N) is 1. The van der Waals surface area contributed by atoms with Crippen LogP contribution in [0.4, 0.5) is 51.2 Å². The van der Waals surface area contributed by atoms with Gasteiger partial charge >= 0.3 is 0 Å². The van der Waals surface area contributed by atoms with Gasteiger partial charge in [-0.25, -0.2) is 4.99 Å². The molecule has 0 fully saturated rings. The SMILES string of the molecule is NC1=Nc2cc(N)c(N)cc2C1(c1cc(N)c(N)cc1N)c1cc(N)c(P)c(N)c1N. The highest BCUT2D eigenvalue weighted by atomic mass is 31.0. The van der Waals surface area contributed by atoms with Crippen LogP contribution in [-0.4, -0.2) is 5.84 Å². The van der Waals surface area contributed by atoms with Crippen molar-refractivity contribution < 1.29 is 0 Å². The van der Waals surface area contributed by atoms with E-state index in [0.29, 0.717) is 67.5 Å². The van der Waals surface area contributed by atoms with E-state index in [4.69, 9.17) is 51.6 Å². The van der Waals surface area contributed by atoms with Crippen LogP contribution < -0.4 is 56.9 Å². The third-order valence-corrected chi connectivity index (χ3v) is 6.42. The second-order valence-electron chi connectivity index (χ2n) is 7.57. The molecule has 1 aliphatic heterocycles. The van der Waals surface area contributed by atoms with Crippen molar-refractivity contribution in [1.29, 1.82) is 0 Å². The molecule has 31 heavy (non-hydrogen) atoms. The van der Waals surface area contributed by atoms with Crippen LogP contribution >= 0.6 is 9.24 Å². The average molecular weight is 436 g/mol. The smallest absolute Gasteiger partial charge is 0.120 e. The van der Waals surface area contributed by atoms with E-state index in [2.05, 4.69) is 14.2 Å². The van der Waals surface area contributed by atoms with Crippen LogP contribution in [0, 0.1) is 0 Å². The summed E-state index contributed by atoms with van der Waals surface area (Å²) in [6.07, 6.45) is 0. The topological polar surface area (TPSA) is 247 Å². The third-order valence-electron chi connectivity index (χ3n) is 5.78. The molecule has 4 rings (SSSR count). The summed E-state index contributed by atoms with van der Waals surface area (Å²) >= 11 is 0. The number of rotatable bonds is 2. The first-order valence-electron chi connectivity index (χ1n) is 9.22. The molecule has 18 N–H and O–H groups in total. The fourth-order valence-electron chi connectivity index (χ4n) is 4.12. The van der Waals surface area contributed by atoms with Gasteiger partial charge in [-0.2, -0.15) is 0 Å². The molecule has 0 radical (unpaired) electrons. The van der Waals surface area contributed by atoms with Gasteiger partial charge in [-0.3, -0.25) is 0 Å². The molecule has 1 aliphatic rings. The Bertz CT molecular complexity index is 1300. The number of fused-ring (bicyclic) bond motifs is 1. The minimum absolute atomic E-state index is 0.186. The van der Waals surface area contributed by atoms with Crippen LogP contribution in [0.1, 0.15) is 16.7 Å². The molecule has 0 amide bonds. The van der Waals surface area contributed by atoms with Crippen LogP contribution in [0.5, 0.6) is 0 Å². The van der Waals surface area contributed by atoms with Crippen LogP contribution in [0.25, 0.3) is 0 Å². The van der Waals surface area contributed by atoms with Gasteiger partial charge in [0.1, 0.15) is 11.3 Å². The quantitative estimate of drug-likeness (QED) is 0.196. The van der Waals surface area contributed by atoms with E-state index in [-0.39, 0.29) is 11.5 Å². The monoisotopic (exact) mass is 436 g/mol. The summed E-state index contributed by atoms with van der Waals surface area (Å²) in [5.74, 6) is 0.186. The van der Waals surface area contributed by atoms with Gasteiger partial charge in [-0.1, -0.05) is 0 Å². The molecule has 3 aromatic carbocycles. The molecule has 1 heterocycles. The molecular weight excluding hydrogens is 411 g/mol. The molecule has 0 spiro atoms. The van der Waals surface area contributed by atoms with Gasteiger partial charge in [-0.15, -0.1) is 9.24 Å². The zero-order valence-corrected chi connectivity index (χ0v) is 17.8. The molecular formula is C20H25N10P. The normalized spacial score (nSPS) is 17.4. The fraction of sp³-hybridized carbons (Fsp3) is 0.0500. The Morgan fingerprint density at radius 1 is 0.548 bits per heavy atom. The highest BCUT2D eigenvalue weighted by Gasteiger charge is 2.49. The standard InChI is InChI=1S/C20H25N10P/c21-9-4-12(24)10(22)1-6(9)20(8-3-14(26)18(31)17(28)16(8)27)7-2-11(23)13(25)5-15(7)30-19(20)29/h1-5H,21-28,31H2,(H2,29,30). The van der Waals surface area contributed by atoms with Crippen molar-refractivity contribution in [2.75, 3.05) is 45.9 Å². The highest BCUT2D eigenvalue weighted by Crippen LogP contribution is 2.54. The van der Waals surface area contributed by atoms with E-state index in [1.807, 2.05) is 0 Å². The first-order chi connectivity index (χ1) is 14.5. The largest absolute Gasteiger partial charge is 0.398 e. The maximum atomic E-state index is 6.59. The first-order valence-corrected chi connectivity index (χ1v) is 9.80. The summed E-state index contributed by atoms with van der Waals surface area (Å²) in [6, 6.07) is 8.24. The van der Waals surface area contributed by atoms with Gasteiger partial charge in [-0.05, 0) is 35.9 Å². The van der Waals surface area contributed by atoms with Crippen molar-refractivity contribution in [2.45, 2.75) is 5.41 Å². The van der Waals surface area contributed by atoms with E-state index >= 15 is 0 Å². The maximum absolute atomic E-state index is 6.59. The third kappa shape index (κ3) is 2.58. The molecule has 0 saturated carbocycles. The van der Waals surface area contributed by atoms with Gasteiger partial charge in [0.15, 0.2) is 0 Å². The lowest BCUT2D eigenvalue weighted by Gasteiger charge is -2.35. The van der Waals surface area contributed by atoms with Crippen molar-refractivity contribution >= 4 is 71.6 Å². The minimum atomic E-state index is -1.27. The fourth-order valence-corrected chi connectivity index (χ4v) is 4.36. The number of amidine groups is 1. The van der Waals surface area contributed by atoms with E-state index < -0.39 is 5.41 Å². The number of hydrogen-bond acceptors (Lipinski definition) is 10. The molecule has 10 nitrogen and oxygen atoms in total. The summed E-state index contributed by atoms with van der Waals surface area (Å²) in [4.78, 5) is 4.57. The Balaban J connectivity index is 2.24. The van der Waals surface area contributed by atoms with Crippen LogP contribution in [0.15, 0.2) is 35.3 Å². The lowest BCUT2D eigenvalue weighted by Crippen LogP contribution is -2.42. The highest BCUT2D eigenvalue weighted by molar-refractivity contribution is 7.28. The van der Waals surface area contributed by atoms with Crippen molar-refractivity contribution in [3.8, 4) is 0 Å². The van der Waals surface area contributed by atoms with Crippen molar-refractivity contribution in [2.24, 2.45) is 10.7 Å². The van der Waals surface area contributed by atoms with Gasteiger partial charge < -0.3 is 51.6 Å². The van der Waals surface area contributed by atoms with Crippen LogP contribution in [-0.2, 0) is 5.41 Å². The summed E-state index contributed by atoms with van der Waals surface area (Å²) in [6.45, 7) is 0. The molecule has 2 atom stereocenters. The molecule has 3 aromatic rings. The molecule has 0 aromatic heterocycles. The van der Waals surface area contributed by atoms with Crippen molar-refractivity contribution in [3.05, 3.63) is 47.0 Å². The summed E-state index contributed by atoms with van der Waals surface area (Å²) in [7, 11) is 2.48. The van der Waals surface area contributed by atoms with Crippen LogP contribution in [0.2, 0.25) is 0 Å². The van der Waals surface area contributed by atoms with Gasteiger partial charge in [0.2, 0.25) is 0 Å². The van der Waals surface area contributed by atoms with E-state index in [9.17, 15) is 0 Å². The Labute approximate surface area is 181 Å². The Hall–Kier alpha value is -4.04. The average Bonchev–Trinajstić information content (AvgIpc) is 2.98. The first kappa shape index (κ1) is 20.2. The molecule has 11 heteroatoms. The van der Waals surface area contributed by atoms with Crippen molar-refractivity contribution in [1.82, 2.24) is 0 Å². The number of benzene rings is 3. The summed E-state index contributed by atoms with van der Waals surface area (Å²) < 4.78 is 0. The molecule has 0 aliphatic carbocycles. The van der Waals surface area contributed by atoms with Crippen LogP contribution in [0.3, 0.4) is 0 Å². The zero-order valence-electron chi connectivity index (χ0n) is 16.6. The predicted molar refractivity (Wildman–Crippen MR) is 135 cm³/mol. The summed E-state index contributed by atoms with van der Waals surface area (Å²) in [5, 5.41) is 0.576. The zero-order chi connectivity index (χ0) is 22.8.